The Hall–Kier alpha value is -0.650. The molecule has 0 bridgehead atoms. The maximum Gasteiger partial charge on any atom is 0.132 e. The Labute approximate surface area is 38.2 Å². The van der Waals surface area contributed by atoms with Gasteiger partial charge in [-0.1, -0.05) is 12.2 Å². The van der Waals surface area contributed by atoms with Crippen LogP contribution in [0.25, 0.3) is 0 Å². The average molecular weight is 79.1 g/mol. The molecular formula is C6H7+. The molecule has 0 N–H and O–H groups in total. The van der Waals surface area contributed by atoms with E-state index in [0.29, 0.717) is 5.92 Å². The fourth-order valence-electron chi connectivity index (χ4n) is 0.478. The highest BCUT2D eigenvalue weighted by Crippen LogP contribution is 2.04. The van der Waals surface area contributed by atoms with Crippen molar-refractivity contribution in [3.8, 4) is 0 Å². The SMILES string of the molecule is [CH2+]C1C=CC=C1. The van der Waals surface area contributed by atoms with Crippen molar-refractivity contribution in [3.63, 3.8) is 0 Å². The summed E-state index contributed by atoms with van der Waals surface area (Å²) in [7, 11) is 0. The van der Waals surface area contributed by atoms with Gasteiger partial charge in [0, 0.05) is 0 Å². The third-order valence-electron chi connectivity index (χ3n) is 0.828. The second-order valence-electron chi connectivity index (χ2n) is 1.43. The molecule has 0 aliphatic heterocycles. The van der Waals surface area contributed by atoms with E-state index in [9.17, 15) is 0 Å². The van der Waals surface area contributed by atoms with Crippen LogP contribution in [0.1, 0.15) is 0 Å². The zero-order valence-corrected chi connectivity index (χ0v) is 3.59. The van der Waals surface area contributed by atoms with Gasteiger partial charge < -0.3 is 0 Å². The lowest BCUT2D eigenvalue weighted by molar-refractivity contribution is 1.09. The molecule has 0 aromatic heterocycles. The molecule has 30 valence electrons. The van der Waals surface area contributed by atoms with E-state index < -0.39 is 0 Å². The molecule has 1 rings (SSSR count). The molecule has 0 saturated carbocycles. The van der Waals surface area contributed by atoms with Crippen molar-refractivity contribution < 1.29 is 0 Å². The van der Waals surface area contributed by atoms with E-state index in [-0.39, 0.29) is 0 Å². The molecule has 0 saturated heterocycles. The summed E-state index contributed by atoms with van der Waals surface area (Å²) in [6.45, 7) is 3.76. The van der Waals surface area contributed by atoms with Gasteiger partial charge in [-0.2, -0.15) is 0 Å². The van der Waals surface area contributed by atoms with Gasteiger partial charge in [0.05, 0.1) is 6.92 Å². The number of hydrogen-bond acceptors (Lipinski definition) is 0. The predicted octanol–water partition coefficient (Wildman–Crippen LogP) is 1.56. The molecule has 0 radical (unpaired) electrons. The van der Waals surface area contributed by atoms with Gasteiger partial charge in [-0.25, -0.2) is 0 Å². The van der Waals surface area contributed by atoms with E-state index in [1.165, 1.54) is 0 Å². The first-order valence-corrected chi connectivity index (χ1v) is 2.07. The Morgan fingerprint density at radius 3 is 1.83 bits per heavy atom. The third-order valence-corrected chi connectivity index (χ3v) is 0.828. The van der Waals surface area contributed by atoms with Crippen LogP contribution in [0.5, 0.6) is 0 Å². The maximum atomic E-state index is 3.76. The summed E-state index contributed by atoms with van der Waals surface area (Å²) >= 11 is 0. The zero-order chi connectivity index (χ0) is 4.41. The molecule has 0 fully saturated rings. The first-order chi connectivity index (χ1) is 2.89. The molecule has 0 spiro atoms. The lowest BCUT2D eigenvalue weighted by atomic mass is 10.2. The van der Waals surface area contributed by atoms with Crippen LogP contribution in [0.3, 0.4) is 0 Å². The van der Waals surface area contributed by atoms with Crippen molar-refractivity contribution in [2.45, 2.75) is 0 Å². The Bertz CT molecular complexity index is 76.2. The van der Waals surface area contributed by atoms with Crippen LogP contribution in [0, 0.1) is 12.8 Å². The molecule has 1 aliphatic rings. The Morgan fingerprint density at radius 1 is 1.17 bits per heavy atom. The Balaban J connectivity index is 2.60. The van der Waals surface area contributed by atoms with Gasteiger partial charge in [0.1, 0.15) is 5.92 Å². The first-order valence-electron chi connectivity index (χ1n) is 2.07. The summed E-state index contributed by atoms with van der Waals surface area (Å²) in [5.74, 6) is 0.435. The Morgan fingerprint density at radius 2 is 1.67 bits per heavy atom. The zero-order valence-electron chi connectivity index (χ0n) is 3.59. The van der Waals surface area contributed by atoms with Crippen molar-refractivity contribution in [1.29, 1.82) is 0 Å². The smallest absolute Gasteiger partial charge is 0.0616 e. The third kappa shape index (κ3) is 0.459. The predicted molar refractivity (Wildman–Crippen MR) is 27.1 cm³/mol. The van der Waals surface area contributed by atoms with Gasteiger partial charge in [-0.15, -0.1) is 0 Å². The van der Waals surface area contributed by atoms with Gasteiger partial charge in [0.15, 0.2) is 0 Å². The van der Waals surface area contributed by atoms with Crippen molar-refractivity contribution >= 4 is 0 Å². The average Bonchev–Trinajstić information content (AvgIpc) is 1.86. The topological polar surface area (TPSA) is 0 Å². The van der Waals surface area contributed by atoms with Crippen molar-refractivity contribution in [3.05, 3.63) is 31.2 Å². The number of allylic oxidation sites excluding steroid dienone is 4. The van der Waals surface area contributed by atoms with E-state index in [1.54, 1.807) is 0 Å². The minimum absolute atomic E-state index is 0.435. The van der Waals surface area contributed by atoms with Gasteiger partial charge in [0.2, 0.25) is 0 Å². The maximum absolute atomic E-state index is 3.76. The van der Waals surface area contributed by atoms with E-state index >= 15 is 0 Å². The number of rotatable bonds is 0. The normalized spacial score (nSPS) is 20.0. The summed E-state index contributed by atoms with van der Waals surface area (Å²) < 4.78 is 0. The van der Waals surface area contributed by atoms with Crippen LogP contribution in [-0.2, 0) is 0 Å². The van der Waals surface area contributed by atoms with Crippen LogP contribution >= 0.6 is 0 Å². The summed E-state index contributed by atoms with van der Waals surface area (Å²) in [6.07, 6.45) is 8.13. The second kappa shape index (κ2) is 1.21. The van der Waals surface area contributed by atoms with Gasteiger partial charge in [0.25, 0.3) is 0 Å². The van der Waals surface area contributed by atoms with E-state index in [2.05, 4.69) is 19.1 Å². The highest BCUT2D eigenvalue weighted by Gasteiger charge is 1.97. The van der Waals surface area contributed by atoms with Crippen LogP contribution < -0.4 is 0 Å². The quantitative estimate of drug-likeness (QED) is 0.386. The van der Waals surface area contributed by atoms with Crippen LogP contribution in [0.4, 0.5) is 0 Å². The monoisotopic (exact) mass is 79.1 g/mol. The molecule has 0 nitrogen and oxygen atoms in total. The molecule has 0 aromatic rings. The first kappa shape index (κ1) is 3.54. The Kier molecular flexibility index (Phi) is 0.714. The van der Waals surface area contributed by atoms with Crippen LogP contribution in [0.15, 0.2) is 24.3 Å². The van der Waals surface area contributed by atoms with E-state index in [0.717, 1.165) is 0 Å². The van der Waals surface area contributed by atoms with E-state index in [1.807, 2.05) is 12.2 Å². The fraction of sp³-hybridized carbons (Fsp3) is 0.167. The molecule has 0 aromatic carbocycles. The molecule has 0 unspecified atom stereocenters. The molecule has 1 aliphatic carbocycles. The summed E-state index contributed by atoms with van der Waals surface area (Å²) in [6, 6.07) is 0. The second-order valence-corrected chi connectivity index (χ2v) is 1.43. The lowest BCUT2D eigenvalue weighted by Gasteiger charge is -1.74. The van der Waals surface area contributed by atoms with Crippen molar-refractivity contribution in [1.82, 2.24) is 0 Å². The minimum Gasteiger partial charge on any atom is -0.0616 e. The standard InChI is InChI=1S/C6H7/c1-6-4-2-3-5-6/h2-6H,1H2/q+1. The summed E-state index contributed by atoms with van der Waals surface area (Å²) in [5, 5.41) is 0. The van der Waals surface area contributed by atoms with Crippen LogP contribution in [0.2, 0.25) is 0 Å². The summed E-state index contributed by atoms with van der Waals surface area (Å²) in [4.78, 5) is 0. The number of hydrogen-bond donors (Lipinski definition) is 0. The molecular weight excluding hydrogens is 72.1 g/mol. The minimum atomic E-state index is 0.435. The van der Waals surface area contributed by atoms with Crippen molar-refractivity contribution in [2.75, 3.05) is 0 Å². The van der Waals surface area contributed by atoms with Gasteiger partial charge in [-0.3, -0.25) is 0 Å². The highest BCUT2D eigenvalue weighted by atomic mass is 14.0. The molecule has 0 amide bonds. The summed E-state index contributed by atoms with van der Waals surface area (Å²) in [5.41, 5.74) is 0. The molecule has 6 heavy (non-hydrogen) atoms. The molecule has 0 heteroatoms. The molecule has 0 atom stereocenters. The van der Waals surface area contributed by atoms with E-state index in [4.69, 9.17) is 0 Å². The molecule has 0 heterocycles. The van der Waals surface area contributed by atoms with Crippen LogP contribution in [-0.4, -0.2) is 0 Å². The lowest BCUT2D eigenvalue weighted by Crippen LogP contribution is -1.72. The van der Waals surface area contributed by atoms with Gasteiger partial charge in [-0.05, 0) is 12.2 Å². The van der Waals surface area contributed by atoms with Gasteiger partial charge >= 0.3 is 0 Å². The fourth-order valence-corrected chi connectivity index (χ4v) is 0.478. The highest BCUT2D eigenvalue weighted by molar-refractivity contribution is 5.17. The largest absolute Gasteiger partial charge is 0.132 e. The van der Waals surface area contributed by atoms with Crippen molar-refractivity contribution in [2.24, 2.45) is 5.92 Å².